The molecule has 2 aliphatic heterocycles. The molecule has 2 heterocycles. The number of piperazine rings is 1. The molecule has 0 unspecified atom stereocenters. The highest BCUT2D eigenvalue weighted by Gasteiger charge is 2.34. The summed E-state index contributed by atoms with van der Waals surface area (Å²) in [7, 11) is -3.52. The van der Waals surface area contributed by atoms with Crippen LogP contribution in [0.1, 0.15) is 33.1 Å². The predicted octanol–water partition coefficient (Wildman–Crippen LogP) is 1.52. The fourth-order valence-corrected chi connectivity index (χ4v) is 6.39. The molecule has 0 radical (unpaired) electrons. The van der Waals surface area contributed by atoms with Crippen molar-refractivity contribution in [2.24, 2.45) is 0 Å². The van der Waals surface area contributed by atoms with Crippen LogP contribution in [0, 0.1) is 0 Å². The number of nitrogens with one attached hydrogen (secondary N) is 1. The molecule has 162 valence electrons. The number of piperidine rings is 1. The lowest BCUT2D eigenvalue weighted by molar-refractivity contribution is -0.896. The summed E-state index contributed by atoms with van der Waals surface area (Å²) in [5.74, 6) is 0.204. The predicted molar refractivity (Wildman–Crippen MR) is 118 cm³/mol. The number of amides is 1. The van der Waals surface area contributed by atoms with E-state index in [2.05, 4.69) is 18.7 Å². The van der Waals surface area contributed by atoms with Gasteiger partial charge in [0, 0.05) is 12.1 Å². The van der Waals surface area contributed by atoms with E-state index >= 15 is 0 Å². The Balaban J connectivity index is 1.39. The monoisotopic (exact) mass is 430 g/mol. The maximum Gasteiger partial charge on any atom is 0.278 e. The van der Waals surface area contributed by atoms with Crippen molar-refractivity contribution in [1.29, 1.82) is 0 Å². The van der Waals surface area contributed by atoms with E-state index in [0.29, 0.717) is 49.7 Å². The Morgan fingerprint density at radius 1 is 1.00 bits per heavy atom. The molecule has 30 heavy (non-hydrogen) atoms. The Bertz CT molecular complexity index is 1010. The van der Waals surface area contributed by atoms with Gasteiger partial charge in [-0.05, 0) is 56.0 Å². The van der Waals surface area contributed by atoms with Gasteiger partial charge < -0.3 is 9.80 Å². The summed E-state index contributed by atoms with van der Waals surface area (Å²) in [5.41, 5.74) is 0. The van der Waals surface area contributed by atoms with Crippen molar-refractivity contribution >= 4 is 26.7 Å². The maximum absolute atomic E-state index is 13.1. The van der Waals surface area contributed by atoms with Gasteiger partial charge in [0.15, 0.2) is 6.54 Å². The highest BCUT2D eigenvalue weighted by molar-refractivity contribution is 7.89. The molecule has 6 nitrogen and oxygen atoms in total. The molecular weight excluding hydrogens is 398 g/mol. The van der Waals surface area contributed by atoms with Crippen molar-refractivity contribution < 1.29 is 18.1 Å². The second-order valence-corrected chi connectivity index (χ2v) is 10.7. The topological polar surface area (TPSA) is 62.1 Å². The lowest BCUT2D eigenvalue weighted by Crippen LogP contribution is -3.15. The second-order valence-electron chi connectivity index (χ2n) is 8.77. The number of sulfonamides is 1. The highest BCUT2D eigenvalue weighted by atomic mass is 32.2. The summed E-state index contributed by atoms with van der Waals surface area (Å²) in [5, 5.41) is 1.96. The third kappa shape index (κ3) is 4.24. The quantitative estimate of drug-likeness (QED) is 0.800. The van der Waals surface area contributed by atoms with Gasteiger partial charge in [-0.25, -0.2) is 8.42 Å². The number of nitrogens with zero attached hydrogens (tertiary/aromatic N) is 2. The minimum atomic E-state index is -3.52. The minimum absolute atomic E-state index is 0.204. The number of likely N-dealkylation sites (tertiary alicyclic amines) is 1. The van der Waals surface area contributed by atoms with E-state index in [9.17, 15) is 13.2 Å². The third-order valence-corrected chi connectivity index (χ3v) is 8.57. The summed E-state index contributed by atoms with van der Waals surface area (Å²) in [4.78, 5) is 16.5. The molecule has 2 saturated heterocycles. The number of quaternary nitrogens is 1. The average Bonchev–Trinajstić information content (AvgIpc) is 2.73. The first-order valence-electron chi connectivity index (χ1n) is 11.0. The number of carbonyl (C=O) groups is 1. The van der Waals surface area contributed by atoms with Gasteiger partial charge in [0.25, 0.3) is 5.91 Å². The van der Waals surface area contributed by atoms with Crippen LogP contribution in [0.2, 0.25) is 0 Å². The number of hydrogen-bond acceptors (Lipinski definition) is 3. The van der Waals surface area contributed by atoms with E-state index in [1.165, 1.54) is 11.3 Å². The van der Waals surface area contributed by atoms with Gasteiger partial charge in [-0.15, -0.1) is 0 Å². The molecule has 2 aromatic carbocycles. The van der Waals surface area contributed by atoms with E-state index in [0.717, 1.165) is 23.6 Å². The van der Waals surface area contributed by atoms with Crippen LogP contribution in [0.3, 0.4) is 0 Å². The zero-order valence-corrected chi connectivity index (χ0v) is 18.7. The van der Waals surface area contributed by atoms with E-state index in [-0.39, 0.29) is 5.91 Å². The minimum Gasteiger partial charge on any atom is -0.332 e. The van der Waals surface area contributed by atoms with Crippen molar-refractivity contribution in [3.8, 4) is 0 Å². The average molecular weight is 431 g/mol. The molecule has 0 spiro atoms. The molecule has 2 aliphatic rings. The van der Waals surface area contributed by atoms with Crippen molar-refractivity contribution in [2.45, 2.75) is 50.1 Å². The van der Waals surface area contributed by atoms with Crippen LogP contribution in [-0.2, 0) is 14.8 Å². The molecule has 0 aliphatic carbocycles. The van der Waals surface area contributed by atoms with E-state index in [1.54, 1.807) is 16.4 Å². The first kappa shape index (κ1) is 21.3. The smallest absolute Gasteiger partial charge is 0.278 e. The Morgan fingerprint density at radius 3 is 2.30 bits per heavy atom. The number of carbonyl (C=O) groups excluding carboxylic acids is 1. The maximum atomic E-state index is 13.1. The zero-order chi connectivity index (χ0) is 21.3. The van der Waals surface area contributed by atoms with Crippen molar-refractivity contribution in [2.75, 3.05) is 32.7 Å². The Morgan fingerprint density at radius 2 is 1.63 bits per heavy atom. The lowest BCUT2D eigenvalue weighted by atomic mass is 9.97. The van der Waals surface area contributed by atoms with Gasteiger partial charge in [-0.2, -0.15) is 4.31 Å². The number of fused-ring (bicyclic) bond motifs is 1. The van der Waals surface area contributed by atoms with Crippen LogP contribution in [0.15, 0.2) is 47.4 Å². The molecule has 0 aromatic heterocycles. The number of rotatable bonds is 4. The lowest BCUT2D eigenvalue weighted by Gasteiger charge is -2.40. The molecule has 2 atom stereocenters. The molecule has 1 N–H and O–H groups in total. The van der Waals surface area contributed by atoms with Crippen molar-refractivity contribution in [1.82, 2.24) is 9.21 Å². The van der Waals surface area contributed by atoms with Gasteiger partial charge in [0.2, 0.25) is 10.0 Å². The fraction of sp³-hybridized carbons (Fsp3) is 0.522. The van der Waals surface area contributed by atoms with Gasteiger partial charge in [0.1, 0.15) is 0 Å². The third-order valence-electron chi connectivity index (χ3n) is 6.67. The van der Waals surface area contributed by atoms with Gasteiger partial charge in [0.05, 0.1) is 31.1 Å². The fourth-order valence-electron chi connectivity index (χ4n) is 4.91. The molecule has 0 saturated carbocycles. The van der Waals surface area contributed by atoms with Gasteiger partial charge in [-0.3, -0.25) is 4.79 Å². The van der Waals surface area contributed by atoms with Crippen molar-refractivity contribution in [3.63, 3.8) is 0 Å². The Hall–Kier alpha value is -1.96. The van der Waals surface area contributed by atoms with Crippen molar-refractivity contribution in [3.05, 3.63) is 42.5 Å². The second kappa shape index (κ2) is 8.65. The van der Waals surface area contributed by atoms with E-state index in [4.69, 9.17) is 0 Å². The molecule has 1 amide bonds. The standard InChI is InChI=1S/C23H31N3O3S/c1-18-6-5-7-19(2)26(18)23(27)17-24-12-14-25(15-13-24)30(28,29)22-11-10-20-8-3-4-9-21(20)16-22/h3-4,8-11,16,18-19H,5-7,12-15,17H2,1-2H3/p+1/t18-,19+. The number of hydrogen-bond donors (Lipinski definition) is 1. The molecule has 0 bridgehead atoms. The molecule has 2 aromatic rings. The SMILES string of the molecule is C[C@@H]1CCC[C@H](C)N1C(=O)C[NH+]1CCN(S(=O)(=O)c2ccc3ccccc3c2)CC1. The first-order chi connectivity index (χ1) is 14.4. The summed E-state index contributed by atoms with van der Waals surface area (Å²) in [6.45, 7) is 6.95. The van der Waals surface area contributed by atoms with Gasteiger partial charge >= 0.3 is 0 Å². The van der Waals surface area contributed by atoms with Crippen LogP contribution in [0.5, 0.6) is 0 Å². The summed E-state index contributed by atoms with van der Waals surface area (Å²) in [6.07, 6.45) is 3.33. The van der Waals surface area contributed by atoms with Gasteiger partial charge in [-0.1, -0.05) is 30.3 Å². The number of benzene rings is 2. The zero-order valence-electron chi connectivity index (χ0n) is 17.9. The van der Waals surface area contributed by atoms with E-state index < -0.39 is 10.0 Å². The first-order valence-corrected chi connectivity index (χ1v) is 12.4. The summed E-state index contributed by atoms with van der Waals surface area (Å²) < 4.78 is 27.8. The molecule has 2 fully saturated rings. The van der Waals surface area contributed by atoms with Crippen LogP contribution >= 0.6 is 0 Å². The molecule has 7 heteroatoms. The van der Waals surface area contributed by atoms with Crippen LogP contribution < -0.4 is 4.90 Å². The van der Waals surface area contributed by atoms with Crippen LogP contribution in [0.25, 0.3) is 10.8 Å². The largest absolute Gasteiger partial charge is 0.332 e. The summed E-state index contributed by atoms with van der Waals surface area (Å²) in [6, 6.07) is 13.7. The summed E-state index contributed by atoms with van der Waals surface area (Å²) >= 11 is 0. The van der Waals surface area contributed by atoms with Crippen LogP contribution in [0.4, 0.5) is 0 Å². The Kier molecular flexibility index (Phi) is 6.14. The molecule has 4 rings (SSSR count). The Labute approximate surface area is 179 Å². The normalized spacial score (nSPS) is 24.3. The highest BCUT2D eigenvalue weighted by Crippen LogP contribution is 2.23. The van der Waals surface area contributed by atoms with Crippen LogP contribution in [-0.4, -0.2) is 68.3 Å². The van der Waals surface area contributed by atoms with E-state index in [1.807, 2.05) is 30.3 Å². The molecular formula is C23H32N3O3S+.